The van der Waals surface area contributed by atoms with E-state index in [4.69, 9.17) is 4.84 Å². The van der Waals surface area contributed by atoms with Crippen molar-refractivity contribution in [3.63, 3.8) is 0 Å². The molecule has 0 radical (unpaired) electrons. The van der Waals surface area contributed by atoms with Crippen LogP contribution in [0.5, 0.6) is 5.75 Å². The summed E-state index contributed by atoms with van der Waals surface area (Å²) in [7, 11) is 0. The molecule has 1 amide bonds. The molecule has 9 heteroatoms. The minimum atomic E-state index is -0.901. The number of amides is 1. The lowest BCUT2D eigenvalue weighted by molar-refractivity contribution is -0.129. The summed E-state index contributed by atoms with van der Waals surface area (Å²) >= 11 is 0. The molecule has 4 aromatic rings. The summed E-state index contributed by atoms with van der Waals surface area (Å²) in [5.41, 5.74) is 2.19. The molecule has 3 aromatic carbocycles. The summed E-state index contributed by atoms with van der Waals surface area (Å²) in [5.74, 6) is -0.126. The van der Waals surface area contributed by atoms with Gasteiger partial charge in [-0.15, -0.1) is 5.06 Å². The van der Waals surface area contributed by atoms with E-state index in [1.54, 1.807) is 47.7 Å². The molecule has 1 aliphatic heterocycles. The van der Waals surface area contributed by atoms with E-state index < -0.39 is 17.9 Å². The van der Waals surface area contributed by atoms with Gasteiger partial charge in [0, 0.05) is 34.9 Å². The number of aromatic nitrogens is 2. The van der Waals surface area contributed by atoms with Crippen LogP contribution in [-0.2, 0) is 4.79 Å². The lowest BCUT2D eigenvalue weighted by Gasteiger charge is -2.34. The highest BCUT2D eigenvalue weighted by atomic mass is 19.1. The van der Waals surface area contributed by atoms with Crippen LogP contribution >= 0.6 is 0 Å². The number of anilines is 3. The molecule has 1 aromatic heterocycles. The predicted octanol–water partition coefficient (Wildman–Crippen LogP) is 6.42. The molecule has 2 atom stereocenters. The van der Waals surface area contributed by atoms with Gasteiger partial charge in [0.2, 0.25) is 11.9 Å². The maximum Gasteiger partial charge on any atom is 0.247 e. The Bertz CT molecular complexity index is 1480. The number of carbonyl (C=O) groups excluding carboxylic acids is 1. The highest BCUT2D eigenvalue weighted by Gasteiger charge is 2.29. The number of nitrogens with one attached hydrogen (secondary N) is 2. The molecule has 1 fully saturated rings. The summed E-state index contributed by atoms with van der Waals surface area (Å²) in [5, 5.41) is 8.07. The first-order valence-electron chi connectivity index (χ1n) is 12.4. The van der Waals surface area contributed by atoms with Crippen LogP contribution in [0, 0.1) is 5.82 Å². The Balaban J connectivity index is 1.38. The number of hydrogen-bond acceptors (Lipinski definition) is 6. The van der Waals surface area contributed by atoms with Gasteiger partial charge in [0.25, 0.3) is 0 Å². The van der Waals surface area contributed by atoms with Crippen LogP contribution in [0.2, 0.25) is 0 Å². The lowest BCUT2D eigenvalue weighted by atomic mass is 10.0. The van der Waals surface area contributed by atoms with E-state index in [0.29, 0.717) is 41.3 Å². The van der Waals surface area contributed by atoms with E-state index in [1.165, 1.54) is 6.07 Å². The van der Waals surface area contributed by atoms with E-state index in [1.807, 2.05) is 25.1 Å². The van der Waals surface area contributed by atoms with Crippen LogP contribution in [0.15, 0.2) is 79.5 Å². The Labute approximate surface area is 219 Å². The molecule has 2 unspecified atom stereocenters. The number of nitrogens with zero attached hydrogens (tertiary/aromatic N) is 3. The minimum absolute atomic E-state index is 0.0556. The SMILES string of the molecule is C=CC(=O)Nc1cccc(-c2cccc3cnc(Nc4ccc(ON5CCCC(F)C5C)cc4)nc23)c1F. The smallest absolute Gasteiger partial charge is 0.247 e. The first-order valence-corrected chi connectivity index (χ1v) is 12.4. The Kier molecular flexibility index (Phi) is 7.28. The van der Waals surface area contributed by atoms with Crippen molar-refractivity contribution in [3.8, 4) is 16.9 Å². The van der Waals surface area contributed by atoms with E-state index in [9.17, 15) is 9.18 Å². The van der Waals surface area contributed by atoms with Gasteiger partial charge in [0.15, 0.2) is 5.82 Å². The summed E-state index contributed by atoms with van der Waals surface area (Å²) in [6.07, 6.45) is 3.16. The number of piperidine rings is 1. The molecule has 5 rings (SSSR count). The second-order valence-corrected chi connectivity index (χ2v) is 9.08. The van der Waals surface area contributed by atoms with Crippen LogP contribution in [0.4, 0.5) is 26.1 Å². The van der Waals surface area contributed by atoms with Crippen LogP contribution in [0.3, 0.4) is 0 Å². The van der Waals surface area contributed by atoms with Crippen molar-refractivity contribution >= 4 is 34.1 Å². The third kappa shape index (κ3) is 5.33. The Morgan fingerprint density at radius 2 is 1.89 bits per heavy atom. The zero-order valence-electron chi connectivity index (χ0n) is 20.8. The summed E-state index contributed by atoms with van der Waals surface area (Å²) < 4.78 is 29.3. The van der Waals surface area contributed by atoms with E-state index >= 15 is 4.39 Å². The van der Waals surface area contributed by atoms with Crippen LogP contribution in [-0.4, -0.2) is 39.7 Å². The number of fused-ring (bicyclic) bond motifs is 1. The first kappa shape index (κ1) is 25.3. The molecule has 0 spiro atoms. The number of carbonyl (C=O) groups is 1. The quantitative estimate of drug-likeness (QED) is 0.277. The largest absolute Gasteiger partial charge is 0.406 e. The topological polar surface area (TPSA) is 79.4 Å². The van der Waals surface area contributed by atoms with Gasteiger partial charge in [-0.05, 0) is 56.2 Å². The van der Waals surface area contributed by atoms with Crippen LogP contribution in [0.1, 0.15) is 19.8 Å². The molecular weight excluding hydrogens is 488 g/mol. The van der Waals surface area contributed by atoms with Gasteiger partial charge in [-0.3, -0.25) is 4.79 Å². The van der Waals surface area contributed by atoms with E-state index in [2.05, 4.69) is 27.2 Å². The number of rotatable bonds is 7. The third-order valence-corrected chi connectivity index (χ3v) is 6.51. The van der Waals surface area contributed by atoms with Crippen LogP contribution < -0.4 is 15.5 Å². The number of para-hydroxylation sites is 1. The maximum atomic E-state index is 15.3. The monoisotopic (exact) mass is 515 g/mol. The van der Waals surface area contributed by atoms with Crippen molar-refractivity contribution < 1.29 is 18.4 Å². The maximum absolute atomic E-state index is 15.3. The fourth-order valence-corrected chi connectivity index (χ4v) is 4.41. The summed E-state index contributed by atoms with van der Waals surface area (Å²) in [4.78, 5) is 26.6. The van der Waals surface area contributed by atoms with Crippen molar-refractivity contribution in [2.75, 3.05) is 17.2 Å². The Morgan fingerprint density at radius 1 is 1.13 bits per heavy atom. The van der Waals surface area contributed by atoms with Crippen molar-refractivity contribution in [1.82, 2.24) is 15.0 Å². The molecule has 0 bridgehead atoms. The van der Waals surface area contributed by atoms with E-state index in [-0.39, 0.29) is 11.7 Å². The molecule has 2 heterocycles. The molecule has 38 heavy (non-hydrogen) atoms. The standard InChI is InChI=1S/C29H27F2N5O2/c1-3-26(37)34-25-11-5-8-22(27(25)31)23-9-4-7-19-17-32-29(35-28(19)23)33-20-12-14-21(15-13-20)38-36-16-6-10-24(30)18(36)2/h3-5,7-9,11-15,17-18,24H,1,6,10,16H2,2H3,(H,34,37)(H,32,33,35). The fourth-order valence-electron chi connectivity index (χ4n) is 4.41. The highest BCUT2D eigenvalue weighted by Crippen LogP contribution is 2.33. The van der Waals surface area contributed by atoms with Gasteiger partial charge in [-0.2, -0.15) is 0 Å². The number of benzene rings is 3. The van der Waals surface area contributed by atoms with Gasteiger partial charge in [0.1, 0.15) is 11.9 Å². The molecule has 0 aliphatic carbocycles. The first-order chi connectivity index (χ1) is 18.4. The van der Waals surface area contributed by atoms with Crippen molar-refractivity contribution in [2.45, 2.75) is 32.0 Å². The number of hydroxylamine groups is 2. The summed E-state index contributed by atoms with van der Waals surface area (Å²) in [6, 6.07) is 17.1. The molecular formula is C29H27F2N5O2. The molecule has 0 saturated carbocycles. The second-order valence-electron chi connectivity index (χ2n) is 9.08. The molecule has 194 valence electrons. The zero-order chi connectivity index (χ0) is 26.6. The van der Waals surface area contributed by atoms with Gasteiger partial charge in [-0.1, -0.05) is 36.9 Å². The van der Waals surface area contributed by atoms with Gasteiger partial charge in [-0.25, -0.2) is 18.7 Å². The molecule has 1 aliphatic rings. The minimum Gasteiger partial charge on any atom is -0.406 e. The average molecular weight is 516 g/mol. The molecule has 1 saturated heterocycles. The van der Waals surface area contributed by atoms with Crippen molar-refractivity contribution in [2.24, 2.45) is 0 Å². The second kappa shape index (κ2) is 10.9. The molecule has 7 nitrogen and oxygen atoms in total. The average Bonchev–Trinajstić information content (AvgIpc) is 2.93. The Morgan fingerprint density at radius 3 is 2.68 bits per heavy atom. The predicted molar refractivity (Wildman–Crippen MR) is 144 cm³/mol. The van der Waals surface area contributed by atoms with Gasteiger partial charge >= 0.3 is 0 Å². The van der Waals surface area contributed by atoms with Crippen molar-refractivity contribution in [3.05, 3.63) is 85.3 Å². The normalized spacial score (nSPS) is 17.7. The number of halogens is 2. The van der Waals surface area contributed by atoms with Gasteiger partial charge in [0.05, 0.1) is 17.2 Å². The Hall–Kier alpha value is -4.37. The zero-order valence-corrected chi connectivity index (χ0v) is 20.8. The van der Waals surface area contributed by atoms with E-state index in [0.717, 1.165) is 23.6 Å². The lowest BCUT2D eigenvalue weighted by Crippen LogP contribution is -2.46. The van der Waals surface area contributed by atoms with Gasteiger partial charge < -0.3 is 15.5 Å². The molecule has 2 N–H and O–H groups in total. The third-order valence-electron chi connectivity index (χ3n) is 6.51. The summed E-state index contributed by atoms with van der Waals surface area (Å²) in [6.45, 7) is 5.91. The number of alkyl halides is 1. The highest BCUT2D eigenvalue weighted by molar-refractivity contribution is 6.00. The van der Waals surface area contributed by atoms with Crippen LogP contribution in [0.25, 0.3) is 22.0 Å². The number of hydrogen-bond donors (Lipinski definition) is 2. The fraction of sp³-hybridized carbons (Fsp3) is 0.207. The van der Waals surface area contributed by atoms with Crippen molar-refractivity contribution in [1.29, 1.82) is 0 Å².